The van der Waals surface area contributed by atoms with Gasteiger partial charge in [-0.1, -0.05) is 35.9 Å². The zero-order chi connectivity index (χ0) is 20.9. The van der Waals surface area contributed by atoms with Crippen LogP contribution in [0.4, 0.5) is 5.69 Å². The molecular weight excluding hydrogens is 501 g/mol. The lowest BCUT2D eigenvalue weighted by atomic mass is 10.2. The standard InChI is InChI=1S/C22H20INO4S/c1-3-27-21-14-17(15-24-18-11-9-16(2)10-12-18)13-20(23)22(21)28-29(25,26)19-7-5-4-6-8-19/h4-15H,3H2,1-2H3. The molecule has 0 heterocycles. The Kier molecular flexibility index (Phi) is 6.92. The second kappa shape index (κ2) is 9.41. The molecule has 0 bridgehead atoms. The van der Waals surface area contributed by atoms with Crippen molar-refractivity contribution in [2.24, 2.45) is 4.99 Å². The maximum absolute atomic E-state index is 12.6. The molecule has 0 saturated carbocycles. The normalized spacial score (nSPS) is 11.6. The van der Waals surface area contributed by atoms with Crippen molar-refractivity contribution in [3.8, 4) is 11.5 Å². The number of nitrogens with zero attached hydrogens (tertiary/aromatic N) is 1. The van der Waals surface area contributed by atoms with Gasteiger partial charge in [-0.15, -0.1) is 0 Å². The van der Waals surface area contributed by atoms with Crippen molar-refractivity contribution in [1.82, 2.24) is 0 Å². The van der Waals surface area contributed by atoms with Crippen molar-refractivity contribution in [3.63, 3.8) is 0 Å². The van der Waals surface area contributed by atoms with E-state index in [4.69, 9.17) is 8.92 Å². The van der Waals surface area contributed by atoms with E-state index in [9.17, 15) is 8.42 Å². The third-order valence-corrected chi connectivity index (χ3v) is 5.99. The van der Waals surface area contributed by atoms with Gasteiger partial charge in [0.05, 0.1) is 15.9 Å². The summed E-state index contributed by atoms with van der Waals surface area (Å²) in [6.45, 7) is 4.22. The number of hydrogen-bond donors (Lipinski definition) is 0. The lowest BCUT2D eigenvalue weighted by Crippen LogP contribution is -2.12. The van der Waals surface area contributed by atoms with E-state index in [1.807, 2.05) is 60.7 Å². The second-order valence-electron chi connectivity index (χ2n) is 6.21. The molecule has 0 aliphatic heterocycles. The topological polar surface area (TPSA) is 65.0 Å². The maximum atomic E-state index is 12.6. The van der Waals surface area contributed by atoms with Gasteiger partial charge >= 0.3 is 10.1 Å². The minimum atomic E-state index is -3.97. The molecule has 0 saturated heterocycles. The quantitative estimate of drug-likeness (QED) is 0.234. The van der Waals surface area contributed by atoms with Gasteiger partial charge in [0, 0.05) is 6.21 Å². The summed E-state index contributed by atoms with van der Waals surface area (Å²) in [7, 11) is -3.97. The van der Waals surface area contributed by atoms with Crippen molar-refractivity contribution < 1.29 is 17.3 Å². The summed E-state index contributed by atoms with van der Waals surface area (Å²) >= 11 is 2.04. The highest BCUT2D eigenvalue weighted by Crippen LogP contribution is 2.36. The van der Waals surface area contributed by atoms with Crippen LogP contribution in [0, 0.1) is 10.5 Å². The molecule has 3 rings (SSSR count). The predicted molar refractivity (Wildman–Crippen MR) is 123 cm³/mol. The number of aryl methyl sites for hydroxylation is 1. The number of aliphatic imine (C=N–C) groups is 1. The van der Waals surface area contributed by atoms with E-state index in [0.717, 1.165) is 11.3 Å². The van der Waals surface area contributed by atoms with Gasteiger partial charge in [0.2, 0.25) is 0 Å². The molecule has 0 radical (unpaired) electrons. The van der Waals surface area contributed by atoms with Crippen LogP contribution in [0.2, 0.25) is 0 Å². The lowest BCUT2D eigenvalue weighted by Gasteiger charge is -2.14. The molecule has 0 aliphatic carbocycles. The Morgan fingerprint density at radius 3 is 2.38 bits per heavy atom. The fraction of sp³-hybridized carbons (Fsp3) is 0.136. The van der Waals surface area contributed by atoms with Gasteiger partial charge in [-0.05, 0) is 78.4 Å². The fourth-order valence-corrected chi connectivity index (χ4v) is 4.39. The molecule has 3 aromatic carbocycles. The van der Waals surface area contributed by atoms with E-state index in [-0.39, 0.29) is 10.6 Å². The van der Waals surface area contributed by atoms with Crippen LogP contribution in [-0.4, -0.2) is 21.2 Å². The maximum Gasteiger partial charge on any atom is 0.339 e. The van der Waals surface area contributed by atoms with Crippen LogP contribution in [0.15, 0.2) is 76.6 Å². The van der Waals surface area contributed by atoms with Crippen LogP contribution in [0.1, 0.15) is 18.1 Å². The summed E-state index contributed by atoms with van der Waals surface area (Å²) in [5.74, 6) is 0.521. The first-order chi connectivity index (χ1) is 13.9. The molecule has 0 fully saturated rings. The first-order valence-electron chi connectivity index (χ1n) is 8.95. The zero-order valence-electron chi connectivity index (χ0n) is 16.0. The highest BCUT2D eigenvalue weighted by atomic mass is 127. The van der Waals surface area contributed by atoms with E-state index in [1.54, 1.807) is 36.5 Å². The van der Waals surface area contributed by atoms with Gasteiger partial charge in [-0.3, -0.25) is 4.99 Å². The van der Waals surface area contributed by atoms with Crippen LogP contribution in [0.5, 0.6) is 11.5 Å². The van der Waals surface area contributed by atoms with Gasteiger partial charge in [0.25, 0.3) is 0 Å². The molecule has 0 amide bonds. The van der Waals surface area contributed by atoms with Gasteiger partial charge in [0.1, 0.15) is 4.90 Å². The van der Waals surface area contributed by atoms with Crippen molar-refractivity contribution in [2.45, 2.75) is 18.7 Å². The summed E-state index contributed by atoms with van der Waals surface area (Å²) in [5.41, 5.74) is 2.77. The van der Waals surface area contributed by atoms with E-state index in [1.165, 1.54) is 17.7 Å². The molecule has 0 aromatic heterocycles. The largest absolute Gasteiger partial charge is 0.490 e. The lowest BCUT2D eigenvalue weighted by molar-refractivity contribution is 0.327. The Hall–Kier alpha value is -2.39. The van der Waals surface area contributed by atoms with Gasteiger partial charge in [-0.25, -0.2) is 0 Å². The van der Waals surface area contributed by atoms with Crippen LogP contribution < -0.4 is 8.92 Å². The predicted octanol–water partition coefficient (Wildman–Crippen LogP) is 5.52. The van der Waals surface area contributed by atoms with Crippen molar-refractivity contribution in [3.05, 3.63) is 81.4 Å². The minimum Gasteiger partial charge on any atom is -0.490 e. The highest BCUT2D eigenvalue weighted by Gasteiger charge is 2.21. The molecule has 3 aromatic rings. The SMILES string of the molecule is CCOc1cc(C=Nc2ccc(C)cc2)cc(I)c1OS(=O)(=O)c1ccccc1. The molecule has 0 unspecified atom stereocenters. The average molecular weight is 521 g/mol. The first-order valence-corrected chi connectivity index (χ1v) is 11.4. The van der Waals surface area contributed by atoms with Crippen LogP contribution in [-0.2, 0) is 10.1 Å². The molecule has 0 atom stereocenters. The monoisotopic (exact) mass is 521 g/mol. The van der Waals surface area contributed by atoms with Gasteiger partial charge in [-0.2, -0.15) is 8.42 Å². The molecule has 0 spiro atoms. The molecule has 0 N–H and O–H groups in total. The molecule has 29 heavy (non-hydrogen) atoms. The van der Waals surface area contributed by atoms with E-state index in [2.05, 4.69) is 4.99 Å². The number of halogens is 1. The summed E-state index contributed by atoms with van der Waals surface area (Å²) in [6, 6.07) is 19.4. The van der Waals surface area contributed by atoms with Gasteiger partial charge < -0.3 is 8.92 Å². The van der Waals surface area contributed by atoms with Crippen molar-refractivity contribution in [2.75, 3.05) is 6.61 Å². The summed E-state index contributed by atoms with van der Waals surface area (Å²) in [5, 5.41) is 0. The Bertz CT molecular complexity index is 1110. The molecular formula is C22H20INO4S. The van der Waals surface area contributed by atoms with Crippen molar-refractivity contribution in [1.29, 1.82) is 0 Å². The molecule has 150 valence electrons. The zero-order valence-corrected chi connectivity index (χ0v) is 19.0. The molecule has 7 heteroatoms. The summed E-state index contributed by atoms with van der Waals surface area (Å²) in [6.07, 6.45) is 1.71. The number of ether oxygens (including phenoxy) is 1. The third kappa shape index (κ3) is 5.57. The Morgan fingerprint density at radius 2 is 1.72 bits per heavy atom. The second-order valence-corrected chi connectivity index (χ2v) is 8.92. The first kappa shape index (κ1) is 21.3. The smallest absolute Gasteiger partial charge is 0.339 e. The van der Waals surface area contributed by atoms with E-state index in [0.29, 0.717) is 15.9 Å². The van der Waals surface area contributed by atoms with Crippen LogP contribution in [0.25, 0.3) is 0 Å². The van der Waals surface area contributed by atoms with E-state index < -0.39 is 10.1 Å². The Labute approximate surface area is 184 Å². The van der Waals surface area contributed by atoms with E-state index >= 15 is 0 Å². The fourth-order valence-electron chi connectivity index (χ4n) is 2.53. The summed E-state index contributed by atoms with van der Waals surface area (Å²) < 4.78 is 36.9. The van der Waals surface area contributed by atoms with Gasteiger partial charge in [0.15, 0.2) is 11.5 Å². The number of rotatable bonds is 7. The highest BCUT2D eigenvalue weighted by molar-refractivity contribution is 14.1. The van der Waals surface area contributed by atoms with Crippen LogP contribution in [0.3, 0.4) is 0 Å². The Balaban J connectivity index is 1.93. The number of benzene rings is 3. The summed E-state index contributed by atoms with van der Waals surface area (Å²) in [4.78, 5) is 4.56. The Morgan fingerprint density at radius 1 is 1.03 bits per heavy atom. The van der Waals surface area contributed by atoms with Crippen LogP contribution >= 0.6 is 22.6 Å². The molecule has 5 nitrogen and oxygen atoms in total. The number of hydrogen-bond acceptors (Lipinski definition) is 5. The minimum absolute atomic E-state index is 0.0864. The third-order valence-electron chi connectivity index (χ3n) is 3.95. The molecule has 0 aliphatic rings. The average Bonchev–Trinajstić information content (AvgIpc) is 2.71. The van der Waals surface area contributed by atoms with Crippen molar-refractivity contribution >= 4 is 44.6 Å².